The van der Waals surface area contributed by atoms with Crippen molar-refractivity contribution in [2.75, 3.05) is 6.54 Å². The summed E-state index contributed by atoms with van der Waals surface area (Å²) in [5.41, 5.74) is 9.57. The molecule has 0 amide bonds. The van der Waals surface area contributed by atoms with Gasteiger partial charge in [-0.25, -0.2) is 9.50 Å². The number of aryl methyl sites for hydroxylation is 2. The van der Waals surface area contributed by atoms with Gasteiger partial charge >= 0.3 is 0 Å². The molecule has 2 fully saturated rings. The van der Waals surface area contributed by atoms with Gasteiger partial charge in [-0.05, 0) is 79.7 Å². The molecule has 0 unspecified atom stereocenters. The van der Waals surface area contributed by atoms with Gasteiger partial charge in [0.1, 0.15) is 11.2 Å². The molecule has 3 atom stereocenters. The van der Waals surface area contributed by atoms with E-state index in [0.29, 0.717) is 23.8 Å². The SMILES string of the molecule is Cc1c(-c2[nH]c3sc([C@@H]4C[C@@H]5C[C@H]4CN5Cc4ccc[nH]c4=O)c(C)c3c2C(C)C)cn2ncnc2c1C. The van der Waals surface area contributed by atoms with Crippen molar-refractivity contribution in [3.05, 3.63) is 73.9 Å². The zero-order chi connectivity index (χ0) is 26.3. The molecule has 8 heteroatoms. The van der Waals surface area contributed by atoms with Gasteiger partial charge in [0, 0.05) is 52.9 Å². The first kappa shape index (κ1) is 23.9. The van der Waals surface area contributed by atoms with Gasteiger partial charge in [-0.1, -0.05) is 19.9 Å². The number of nitrogens with zero attached hydrogens (tertiary/aromatic N) is 4. The fourth-order valence-corrected chi connectivity index (χ4v) is 8.64. The molecular weight excluding hydrogens is 492 g/mol. The molecule has 2 N–H and O–H groups in total. The van der Waals surface area contributed by atoms with Crippen molar-refractivity contribution in [2.45, 2.75) is 71.9 Å². The molecule has 5 aromatic heterocycles. The highest BCUT2D eigenvalue weighted by molar-refractivity contribution is 7.19. The number of thiophene rings is 1. The minimum Gasteiger partial charge on any atom is -0.346 e. The summed E-state index contributed by atoms with van der Waals surface area (Å²) in [6.07, 6.45) is 7.90. The number of likely N-dealkylation sites (tertiary alicyclic amines) is 1. The summed E-state index contributed by atoms with van der Waals surface area (Å²) in [6.45, 7) is 13.1. The van der Waals surface area contributed by atoms with E-state index >= 15 is 0 Å². The minimum atomic E-state index is 0.0422. The maximum absolute atomic E-state index is 12.2. The van der Waals surface area contributed by atoms with Gasteiger partial charge in [0.25, 0.3) is 5.56 Å². The summed E-state index contributed by atoms with van der Waals surface area (Å²) in [5.74, 6) is 1.66. The summed E-state index contributed by atoms with van der Waals surface area (Å²) < 4.78 is 1.90. The number of pyridine rings is 2. The molecule has 0 spiro atoms. The fourth-order valence-electron chi connectivity index (χ4n) is 7.21. The fraction of sp³-hybridized carbons (Fsp3) is 0.433. The third kappa shape index (κ3) is 3.46. The summed E-state index contributed by atoms with van der Waals surface area (Å²) in [5, 5.41) is 5.85. The predicted octanol–water partition coefficient (Wildman–Crippen LogP) is 6.05. The average Bonchev–Trinajstić information content (AvgIpc) is 3.70. The van der Waals surface area contributed by atoms with Crippen LogP contribution >= 0.6 is 11.3 Å². The first-order valence-electron chi connectivity index (χ1n) is 13.7. The topological polar surface area (TPSA) is 82.1 Å². The monoisotopic (exact) mass is 526 g/mol. The van der Waals surface area contributed by atoms with Gasteiger partial charge in [0.15, 0.2) is 5.65 Å². The van der Waals surface area contributed by atoms with Gasteiger partial charge in [0.2, 0.25) is 0 Å². The zero-order valence-electron chi connectivity index (χ0n) is 22.6. The maximum atomic E-state index is 12.2. The number of aromatic nitrogens is 5. The molecule has 196 valence electrons. The van der Waals surface area contributed by atoms with Crippen LogP contribution in [0.1, 0.15) is 71.2 Å². The van der Waals surface area contributed by atoms with Crippen LogP contribution in [0.3, 0.4) is 0 Å². The first-order chi connectivity index (χ1) is 18.3. The predicted molar refractivity (Wildman–Crippen MR) is 153 cm³/mol. The second-order valence-electron chi connectivity index (χ2n) is 11.6. The van der Waals surface area contributed by atoms with E-state index in [0.717, 1.165) is 24.3 Å². The van der Waals surface area contributed by atoms with E-state index in [-0.39, 0.29) is 5.56 Å². The summed E-state index contributed by atoms with van der Waals surface area (Å²) in [7, 11) is 0. The second kappa shape index (κ2) is 8.64. The molecule has 2 aliphatic rings. The lowest BCUT2D eigenvalue weighted by molar-refractivity contribution is 0.192. The molecule has 6 heterocycles. The molecule has 7 nitrogen and oxygen atoms in total. The molecule has 1 aliphatic heterocycles. The lowest BCUT2D eigenvalue weighted by Crippen LogP contribution is -2.35. The van der Waals surface area contributed by atoms with Crippen LogP contribution in [0, 0.1) is 26.7 Å². The van der Waals surface area contributed by atoms with Gasteiger partial charge in [0.05, 0.1) is 5.69 Å². The number of piperidine rings is 1. The Labute approximate surface area is 225 Å². The Bertz CT molecular complexity index is 1750. The summed E-state index contributed by atoms with van der Waals surface area (Å²) in [6, 6.07) is 4.45. The summed E-state index contributed by atoms with van der Waals surface area (Å²) in [4.78, 5) is 28.8. The molecule has 7 rings (SSSR count). The van der Waals surface area contributed by atoms with Crippen molar-refractivity contribution in [3.8, 4) is 11.3 Å². The Kier molecular flexibility index (Phi) is 5.43. The van der Waals surface area contributed by atoms with Crippen LogP contribution in [0.15, 0.2) is 35.6 Å². The van der Waals surface area contributed by atoms with Gasteiger partial charge in [-0.2, -0.15) is 5.10 Å². The number of aromatic amines is 2. The molecule has 0 radical (unpaired) electrons. The first-order valence-corrected chi connectivity index (χ1v) is 14.5. The Hall–Kier alpha value is -3.23. The highest BCUT2D eigenvalue weighted by Crippen LogP contribution is 2.53. The Morgan fingerprint density at radius 1 is 1.16 bits per heavy atom. The molecule has 38 heavy (non-hydrogen) atoms. The second-order valence-corrected chi connectivity index (χ2v) is 12.7. The Balaban J connectivity index is 1.24. The highest BCUT2D eigenvalue weighted by Gasteiger charge is 2.46. The normalized spacial score (nSPS) is 21.6. The van der Waals surface area contributed by atoms with Crippen molar-refractivity contribution in [3.63, 3.8) is 0 Å². The third-order valence-corrected chi connectivity index (χ3v) is 10.5. The van der Waals surface area contributed by atoms with Crippen LogP contribution in [0.25, 0.3) is 27.1 Å². The van der Waals surface area contributed by atoms with Crippen molar-refractivity contribution in [1.29, 1.82) is 0 Å². The number of hydrogen-bond donors (Lipinski definition) is 2. The van der Waals surface area contributed by atoms with Crippen LogP contribution < -0.4 is 5.56 Å². The number of H-pyrrole nitrogens is 2. The van der Waals surface area contributed by atoms with E-state index in [1.165, 1.54) is 56.6 Å². The van der Waals surface area contributed by atoms with Crippen LogP contribution in [-0.4, -0.2) is 42.1 Å². The van der Waals surface area contributed by atoms with E-state index in [1.807, 2.05) is 28.0 Å². The van der Waals surface area contributed by atoms with E-state index < -0.39 is 0 Å². The smallest absolute Gasteiger partial charge is 0.252 e. The molecule has 1 saturated carbocycles. The van der Waals surface area contributed by atoms with Crippen LogP contribution in [0.4, 0.5) is 0 Å². The van der Waals surface area contributed by atoms with Crippen LogP contribution in [0.5, 0.6) is 0 Å². The zero-order valence-corrected chi connectivity index (χ0v) is 23.4. The molecule has 5 aromatic rings. The van der Waals surface area contributed by atoms with Gasteiger partial charge in [-0.15, -0.1) is 11.3 Å². The van der Waals surface area contributed by atoms with Crippen LogP contribution in [0.2, 0.25) is 0 Å². The van der Waals surface area contributed by atoms with Crippen molar-refractivity contribution in [1.82, 2.24) is 29.5 Å². The Morgan fingerprint density at radius 3 is 2.74 bits per heavy atom. The van der Waals surface area contributed by atoms with E-state index in [9.17, 15) is 4.79 Å². The Morgan fingerprint density at radius 2 is 2.00 bits per heavy atom. The number of fused-ring (bicyclic) bond motifs is 4. The van der Waals surface area contributed by atoms with Crippen LogP contribution in [-0.2, 0) is 6.54 Å². The largest absolute Gasteiger partial charge is 0.346 e. The standard InChI is InChI=1S/C30H34N6OS/c1-15(2)24-25-18(5)27(22-10-21-9-20(22)12-35(21)11-19-7-6-8-31-29(19)37)38-30(25)34-26(24)23-13-36-28(32-14-33-36)17(4)16(23)3/h6-8,13-15,20-22,34H,9-12H2,1-5H3,(H,31,37)/t20-,21-,22+/m0/s1. The molecule has 2 bridgehead atoms. The lowest BCUT2D eigenvalue weighted by Gasteiger charge is -2.31. The van der Waals surface area contributed by atoms with Crippen molar-refractivity contribution < 1.29 is 0 Å². The minimum absolute atomic E-state index is 0.0422. The molecular formula is C30H34N6OS. The van der Waals surface area contributed by atoms with E-state index in [4.69, 9.17) is 0 Å². The number of hydrogen-bond acceptors (Lipinski definition) is 5. The van der Waals surface area contributed by atoms with Gasteiger partial charge < -0.3 is 9.97 Å². The molecule has 1 aliphatic carbocycles. The highest BCUT2D eigenvalue weighted by atomic mass is 32.1. The quantitative estimate of drug-likeness (QED) is 0.292. The number of nitrogens with one attached hydrogen (secondary N) is 2. The lowest BCUT2D eigenvalue weighted by atomic mass is 9.88. The average molecular weight is 527 g/mol. The van der Waals surface area contributed by atoms with Crippen molar-refractivity contribution in [2.24, 2.45) is 5.92 Å². The maximum Gasteiger partial charge on any atom is 0.252 e. The van der Waals surface area contributed by atoms with E-state index in [2.05, 4.69) is 65.8 Å². The van der Waals surface area contributed by atoms with Crippen molar-refractivity contribution >= 4 is 27.2 Å². The van der Waals surface area contributed by atoms with E-state index in [1.54, 1.807) is 17.4 Å². The number of rotatable bonds is 5. The van der Waals surface area contributed by atoms with Gasteiger partial charge in [-0.3, -0.25) is 9.69 Å². The third-order valence-electron chi connectivity index (χ3n) is 9.20. The molecule has 1 saturated heterocycles. The molecule has 0 aromatic carbocycles. The summed E-state index contributed by atoms with van der Waals surface area (Å²) >= 11 is 1.97.